The predicted octanol–water partition coefficient (Wildman–Crippen LogP) is 4.08. The van der Waals surface area contributed by atoms with Gasteiger partial charge in [0.15, 0.2) is 5.76 Å². The van der Waals surface area contributed by atoms with Gasteiger partial charge in [-0.1, -0.05) is 23.7 Å². The largest absolute Gasteiger partial charge is 0.461 e. The van der Waals surface area contributed by atoms with Crippen molar-refractivity contribution >= 4 is 34.6 Å². The highest BCUT2D eigenvalue weighted by atomic mass is 35.5. The Morgan fingerprint density at radius 3 is 2.58 bits per heavy atom. The lowest BCUT2D eigenvalue weighted by molar-refractivity contribution is -0.120. The van der Waals surface area contributed by atoms with Crippen LogP contribution in [-0.4, -0.2) is 11.7 Å². The predicted molar refractivity (Wildman–Crippen MR) is 93.5 cm³/mol. The van der Waals surface area contributed by atoms with Crippen molar-refractivity contribution in [3.8, 4) is 0 Å². The minimum Gasteiger partial charge on any atom is -0.461 e. The van der Waals surface area contributed by atoms with Crippen molar-refractivity contribution in [2.45, 2.75) is 13.0 Å². The Balaban J connectivity index is 1.54. The van der Waals surface area contributed by atoms with E-state index in [2.05, 4.69) is 5.32 Å². The molecule has 0 saturated heterocycles. The number of furan rings is 1. The quantitative estimate of drug-likeness (QED) is 0.674. The van der Waals surface area contributed by atoms with Gasteiger partial charge in [-0.2, -0.15) is 0 Å². The molecule has 0 bridgehead atoms. The van der Waals surface area contributed by atoms with Crippen molar-refractivity contribution in [1.29, 1.82) is 0 Å². The zero-order chi connectivity index (χ0) is 16.9. The molecular weight excluding hydrogens is 346 g/mol. The fourth-order valence-corrected chi connectivity index (χ4v) is 3.18. The molecule has 1 amide bonds. The number of nitrogens with one attached hydrogen (secondary N) is 1. The summed E-state index contributed by atoms with van der Waals surface area (Å²) >= 11 is 7.17. The normalized spacial score (nSPS) is 10.5. The lowest BCUT2D eigenvalue weighted by atomic mass is 10.1. The highest BCUT2D eigenvalue weighted by Gasteiger charge is 2.14. The maximum absolute atomic E-state index is 12.1. The number of ketones is 1. The van der Waals surface area contributed by atoms with E-state index in [0.29, 0.717) is 28.6 Å². The molecule has 0 spiro atoms. The number of amides is 1. The van der Waals surface area contributed by atoms with Crippen LogP contribution in [0.25, 0.3) is 0 Å². The Bertz CT molecular complexity index is 838. The molecule has 0 aliphatic carbocycles. The van der Waals surface area contributed by atoms with Gasteiger partial charge >= 0.3 is 0 Å². The smallest absolute Gasteiger partial charge is 0.238 e. The molecule has 6 heteroatoms. The van der Waals surface area contributed by atoms with Crippen LogP contribution in [0.15, 0.2) is 59.2 Å². The van der Waals surface area contributed by atoms with E-state index in [1.807, 2.05) is 18.2 Å². The second-order valence-electron chi connectivity index (χ2n) is 5.15. The standard InChI is InChI=1S/C18H14ClNO3S/c19-13-5-3-12(4-6-13)10-17(21)20-11-14-7-8-16(24-14)18(22)15-2-1-9-23-15/h1-9H,10-11H2,(H,20,21). The number of thiophene rings is 1. The minimum atomic E-state index is -0.149. The molecule has 3 aromatic rings. The van der Waals surface area contributed by atoms with Gasteiger partial charge in [0.05, 0.1) is 24.1 Å². The molecule has 0 radical (unpaired) electrons. The second-order valence-corrected chi connectivity index (χ2v) is 6.76. The summed E-state index contributed by atoms with van der Waals surface area (Å²) in [5.74, 6) is 0.0866. The summed E-state index contributed by atoms with van der Waals surface area (Å²) < 4.78 is 5.11. The second kappa shape index (κ2) is 7.47. The van der Waals surface area contributed by atoms with Crippen molar-refractivity contribution in [2.75, 3.05) is 0 Å². The fraction of sp³-hybridized carbons (Fsp3) is 0.111. The van der Waals surface area contributed by atoms with E-state index in [0.717, 1.165) is 10.4 Å². The Hall–Kier alpha value is -2.37. The highest BCUT2D eigenvalue weighted by Crippen LogP contribution is 2.20. The number of benzene rings is 1. The topological polar surface area (TPSA) is 59.3 Å². The highest BCUT2D eigenvalue weighted by molar-refractivity contribution is 7.14. The zero-order valence-corrected chi connectivity index (χ0v) is 14.2. The van der Waals surface area contributed by atoms with Crippen molar-refractivity contribution in [3.05, 3.63) is 80.9 Å². The van der Waals surface area contributed by atoms with Crippen molar-refractivity contribution in [1.82, 2.24) is 5.32 Å². The number of halogens is 1. The molecule has 3 rings (SSSR count). The minimum absolute atomic E-state index is 0.0790. The molecule has 1 N–H and O–H groups in total. The molecule has 4 nitrogen and oxygen atoms in total. The van der Waals surface area contributed by atoms with Crippen molar-refractivity contribution < 1.29 is 14.0 Å². The van der Waals surface area contributed by atoms with Gasteiger partial charge in [0.2, 0.25) is 11.7 Å². The molecule has 24 heavy (non-hydrogen) atoms. The summed E-state index contributed by atoms with van der Waals surface area (Å²) in [4.78, 5) is 25.6. The summed E-state index contributed by atoms with van der Waals surface area (Å²) in [6.07, 6.45) is 1.76. The SMILES string of the molecule is O=C(Cc1ccc(Cl)cc1)NCc1ccc(C(=O)c2ccco2)s1. The number of hydrogen-bond acceptors (Lipinski definition) is 4. The summed E-state index contributed by atoms with van der Waals surface area (Å²) in [6.45, 7) is 0.391. The van der Waals surface area contributed by atoms with Crippen LogP contribution in [0.1, 0.15) is 25.9 Å². The lowest BCUT2D eigenvalue weighted by Gasteiger charge is -2.04. The maximum Gasteiger partial charge on any atom is 0.238 e. The number of carbonyl (C=O) groups excluding carboxylic acids is 2. The molecule has 0 fully saturated rings. The van der Waals surface area contributed by atoms with E-state index in [1.165, 1.54) is 17.6 Å². The average Bonchev–Trinajstić information content (AvgIpc) is 3.26. The third-order valence-corrected chi connectivity index (χ3v) is 4.70. The first-order chi connectivity index (χ1) is 11.6. The molecule has 122 valence electrons. The average molecular weight is 360 g/mol. The summed E-state index contributed by atoms with van der Waals surface area (Å²) in [5, 5.41) is 3.50. The Morgan fingerprint density at radius 1 is 1.08 bits per heavy atom. The van der Waals surface area contributed by atoms with E-state index in [9.17, 15) is 9.59 Å². The molecular formula is C18H14ClNO3S. The van der Waals surface area contributed by atoms with Gasteiger partial charge in [-0.3, -0.25) is 9.59 Å². The van der Waals surface area contributed by atoms with Crippen LogP contribution in [0, 0.1) is 0 Å². The van der Waals surface area contributed by atoms with Crippen LogP contribution in [0.3, 0.4) is 0 Å². The van der Waals surface area contributed by atoms with Crippen molar-refractivity contribution in [2.24, 2.45) is 0 Å². The number of carbonyl (C=O) groups is 2. The summed E-state index contributed by atoms with van der Waals surface area (Å²) in [7, 11) is 0. The van der Waals surface area contributed by atoms with E-state index in [4.69, 9.17) is 16.0 Å². The molecule has 0 aliphatic rings. The fourth-order valence-electron chi connectivity index (χ4n) is 2.16. The third kappa shape index (κ3) is 4.13. The Morgan fingerprint density at radius 2 is 1.88 bits per heavy atom. The van der Waals surface area contributed by atoms with Crippen LogP contribution in [0.5, 0.6) is 0 Å². The van der Waals surface area contributed by atoms with E-state index in [-0.39, 0.29) is 11.7 Å². The molecule has 0 saturated carbocycles. The zero-order valence-electron chi connectivity index (χ0n) is 12.6. The van der Waals surface area contributed by atoms with Gasteiger partial charge in [-0.05, 0) is 42.0 Å². The van der Waals surface area contributed by atoms with Crippen LogP contribution in [0.4, 0.5) is 0 Å². The molecule has 0 aliphatic heterocycles. The first-order valence-corrected chi connectivity index (χ1v) is 8.49. The Kier molecular flexibility index (Phi) is 5.13. The first kappa shape index (κ1) is 16.5. The molecule has 2 aromatic heterocycles. The van der Waals surface area contributed by atoms with Crippen LogP contribution >= 0.6 is 22.9 Å². The maximum atomic E-state index is 12.1. The first-order valence-electron chi connectivity index (χ1n) is 7.30. The monoisotopic (exact) mass is 359 g/mol. The van der Waals surface area contributed by atoms with Crippen molar-refractivity contribution in [3.63, 3.8) is 0 Å². The molecule has 0 unspecified atom stereocenters. The number of rotatable bonds is 6. The van der Waals surface area contributed by atoms with E-state index in [1.54, 1.807) is 30.3 Å². The van der Waals surface area contributed by atoms with Crippen LogP contribution in [0.2, 0.25) is 5.02 Å². The van der Waals surface area contributed by atoms with Crippen LogP contribution in [-0.2, 0) is 17.8 Å². The number of hydrogen-bond donors (Lipinski definition) is 1. The van der Waals surface area contributed by atoms with Gasteiger partial charge in [0.25, 0.3) is 0 Å². The third-order valence-electron chi connectivity index (χ3n) is 3.37. The summed E-state index contributed by atoms with van der Waals surface area (Å²) in [5.41, 5.74) is 0.900. The molecule has 2 heterocycles. The molecule has 1 aromatic carbocycles. The van der Waals surface area contributed by atoms with Gasteiger partial charge in [0, 0.05) is 9.90 Å². The van der Waals surface area contributed by atoms with Gasteiger partial charge in [0.1, 0.15) is 0 Å². The van der Waals surface area contributed by atoms with E-state index >= 15 is 0 Å². The lowest BCUT2D eigenvalue weighted by Crippen LogP contribution is -2.24. The van der Waals surface area contributed by atoms with Gasteiger partial charge < -0.3 is 9.73 Å². The summed E-state index contributed by atoms with van der Waals surface area (Å²) in [6, 6.07) is 14.1. The molecule has 0 atom stereocenters. The van der Waals surface area contributed by atoms with Gasteiger partial charge in [-0.25, -0.2) is 0 Å². The van der Waals surface area contributed by atoms with Crippen LogP contribution < -0.4 is 5.32 Å². The van der Waals surface area contributed by atoms with Gasteiger partial charge in [-0.15, -0.1) is 11.3 Å². The Labute approximate surface area is 148 Å². The van der Waals surface area contributed by atoms with E-state index < -0.39 is 0 Å².